The highest BCUT2D eigenvalue weighted by molar-refractivity contribution is 7.92. The standard InChI is InChI=1S/C25H29N3O4S2/c1-25(2)9-6-10-28(25)24(29)20-15-18(22-7-5-12-33-22)23-17-14-19(26-34(4,30)31)21(32-3)13-16(17)8-11-27(20)23/h5,7,12-15,26H,6,8-11H2,1-4H3. The monoisotopic (exact) mass is 499 g/mol. The normalized spacial score (nSPS) is 16.8. The van der Waals surface area contributed by atoms with Crippen LogP contribution in [-0.4, -0.2) is 49.2 Å². The number of aryl methyl sites for hydroxylation is 1. The summed E-state index contributed by atoms with van der Waals surface area (Å²) in [6.45, 7) is 5.69. The van der Waals surface area contributed by atoms with Gasteiger partial charge in [0, 0.05) is 34.6 Å². The quantitative estimate of drug-likeness (QED) is 0.545. The number of benzene rings is 1. The molecule has 0 aliphatic carbocycles. The van der Waals surface area contributed by atoms with Crippen molar-refractivity contribution in [3.63, 3.8) is 0 Å². The molecule has 1 amide bonds. The Balaban J connectivity index is 1.71. The highest BCUT2D eigenvalue weighted by Gasteiger charge is 2.38. The molecule has 9 heteroatoms. The third-order valence-corrected chi connectivity index (χ3v) is 8.32. The minimum absolute atomic E-state index is 0.0537. The van der Waals surface area contributed by atoms with Gasteiger partial charge in [-0.15, -0.1) is 11.3 Å². The van der Waals surface area contributed by atoms with Crippen molar-refractivity contribution in [2.45, 2.75) is 45.2 Å². The summed E-state index contributed by atoms with van der Waals surface area (Å²) in [5.74, 6) is 0.537. The van der Waals surface area contributed by atoms with Crippen LogP contribution in [0.1, 0.15) is 42.7 Å². The number of fused-ring (bicyclic) bond motifs is 3. The summed E-state index contributed by atoms with van der Waals surface area (Å²) in [6, 6.07) is 9.82. The molecule has 180 valence electrons. The largest absolute Gasteiger partial charge is 0.495 e. The molecular weight excluding hydrogens is 470 g/mol. The van der Waals surface area contributed by atoms with E-state index in [0.29, 0.717) is 23.7 Å². The van der Waals surface area contributed by atoms with Crippen molar-refractivity contribution in [3.05, 3.63) is 47.0 Å². The number of nitrogens with zero attached hydrogens (tertiary/aromatic N) is 2. The van der Waals surface area contributed by atoms with Gasteiger partial charge in [0.1, 0.15) is 11.4 Å². The second-order valence-corrected chi connectivity index (χ2v) is 12.3. The molecule has 0 unspecified atom stereocenters. The number of rotatable bonds is 5. The summed E-state index contributed by atoms with van der Waals surface area (Å²) in [7, 11) is -1.96. The van der Waals surface area contributed by atoms with Crippen molar-refractivity contribution in [3.8, 4) is 27.4 Å². The Hall–Kier alpha value is -2.78. The molecule has 0 atom stereocenters. The predicted molar refractivity (Wildman–Crippen MR) is 136 cm³/mol. The van der Waals surface area contributed by atoms with Crippen molar-refractivity contribution >= 4 is 33.0 Å². The molecule has 4 heterocycles. The molecule has 1 N–H and O–H groups in total. The van der Waals surface area contributed by atoms with Crippen LogP contribution in [0.3, 0.4) is 0 Å². The van der Waals surface area contributed by atoms with E-state index in [1.165, 1.54) is 7.11 Å². The van der Waals surface area contributed by atoms with E-state index in [4.69, 9.17) is 4.74 Å². The van der Waals surface area contributed by atoms with Gasteiger partial charge in [0.05, 0.1) is 24.7 Å². The van der Waals surface area contributed by atoms with E-state index in [9.17, 15) is 13.2 Å². The molecule has 1 fully saturated rings. The van der Waals surface area contributed by atoms with Gasteiger partial charge < -0.3 is 14.2 Å². The summed E-state index contributed by atoms with van der Waals surface area (Å²) in [6.07, 6.45) is 3.85. The number of hydrogen-bond donors (Lipinski definition) is 1. The molecule has 1 saturated heterocycles. The number of methoxy groups -OCH3 is 1. The Morgan fingerprint density at radius 3 is 2.59 bits per heavy atom. The molecule has 3 aromatic rings. The number of thiophene rings is 1. The number of carbonyl (C=O) groups excluding carboxylic acids is 1. The maximum Gasteiger partial charge on any atom is 0.270 e. The minimum atomic E-state index is -3.49. The molecule has 1 aromatic carbocycles. The lowest BCUT2D eigenvalue weighted by atomic mass is 9.95. The number of hydrogen-bond acceptors (Lipinski definition) is 5. The smallest absolute Gasteiger partial charge is 0.270 e. The molecule has 2 aromatic heterocycles. The molecule has 2 aliphatic heterocycles. The van der Waals surface area contributed by atoms with Gasteiger partial charge in [-0.1, -0.05) is 6.07 Å². The Bertz CT molecular complexity index is 1370. The number of sulfonamides is 1. The molecule has 0 bridgehead atoms. The molecule has 34 heavy (non-hydrogen) atoms. The number of nitrogens with one attached hydrogen (secondary N) is 1. The maximum absolute atomic E-state index is 13.8. The Morgan fingerprint density at radius 1 is 1.18 bits per heavy atom. The zero-order chi connectivity index (χ0) is 24.3. The van der Waals surface area contributed by atoms with Crippen LogP contribution < -0.4 is 9.46 Å². The first kappa shape index (κ1) is 23.0. The fourth-order valence-electron chi connectivity index (χ4n) is 5.22. The van der Waals surface area contributed by atoms with Crippen molar-refractivity contribution in [2.75, 3.05) is 24.6 Å². The zero-order valence-electron chi connectivity index (χ0n) is 19.8. The molecule has 5 rings (SSSR count). The van der Waals surface area contributed by atoms with Crippen molar-refractivity contribution in [1.82, 2.24) is 9.47 Å². The average molecular weight is 500 g/mol. The van der Waals surface area contributed by atoms with Crippen LogP contribution in [0.15, 0.2) is 35.7 Å². The van der Waals surface area contributed by atoms with Gasteiger partial charge in [0.25, 0.3) is 5.91 Å². The van der Waals surface area contributed by atoms with Crippen LogP contribution in [0.25, 0.3) is 21.7 Å². The van der Waals surface area contributed by atoms with Crippen molar-refractivity contribution in [1.29, 1.82) is 0 Å². The molecule has 2 aliphatic rings. The van der Waals surface area contributed by atoms with Crippen LogP contribution >= 0.6 is 11.3 Å². The van der Waals surface area contributed by atoms with Crippen molar-refractivity contribution in [2.24, 2.45) is 0 Å². The van der Waals surface area contributed by atoms with Crippen LogP contribution in [0.4, 0.5) is 5.69 Å². The second kappa shape index (κ2) is 8.16. The Kier molecular flexibility index (Phi) is 5.52. The van der Waals surface area contributed by atoms with E-state index in [1.54, 1.807) is 11.3 Å². The van der Waals surface area contributed by atoms with Gasteiger partial charge in [-0.25, -0.2) is 8.42 Å². The van der Waals surface area contributed by atoms with Crippen molar-refractivity contribution < 1.29 is 17.9 Å². The average Bonchev–Trinajstić information content (AvgIpc) is 3.49. The van der Waals surface area contributed by atoms with E-state index < -0.39 is 10.0 Å². The van der Waals surface area contributed by atoms with Gasteiger partial charge in [-0.3, -0.25) is 9.52 Å². The van der Waals surface area contributed by atoms with E-state index in [-0.39, 0.29) is 11.4 Å². The van der Waals surface area contributed by atoms with Crippen LogP contribution in [0, 0.1) is 0 Å². The van der Waals surface area contributed by atoms with Crippen LogP contribution in [0.5, 0.6) is 5.75 Å². The highest BCUT2D eigenvalue weighted by atomic mass is 32.2. The number of ether oxygens (including phenoxy) is 1. The molecular formula is C25H29N3O4S2. The summed E-state index contributed by atoms with van der Waals surface area (Å²) in [5.41, 5.74) is 4.84. The minimum Gasteiger partial charge on any atom is -0.495 e. The Labute approximate surface area is 204 Å². The van der Waals surface area contributed by atoms with Crippen LogP contribution in [-0.2, 0) is 23.0 Å². The first-order chi connectivity index (χ1) is 16.1. The summed E-state index contributed by atoms with van der Waals surface area (Å²) < 4.78 is 34.2. The molecule has 0 radical (unpaired) electrons. The van der Waals surface area contributed by atoms with Gasteiger partial charge in [-0.05, 0) is 68.3 Å². The first-order valence-corrected chi connectivity index (χ1v) is 14.1. The number of anilines is 1. The number of carbonyl (C=O) groups is 1. The SMILES string of the molecule is COc1cc2c(cc1NS(C)(=O)=O)-c1c(-c3cccs3)cc(C(=O)N3CCCC3(C)C)n1CC2. The second-order valence-electron chi connectivity index (χ2n) is 9.63. The van der Waals surface area contributed by atoms with E-state index in [0.717, 1.165) is 59.3 Å². The topological polar surface area (TPSA) is 80.6 Å². The zero-order valence-corrected chi connectivity index (χ0v) is 21.5. The number of likely N-dealkylation sites (tertiary alicyclic amines) is 1. The first-order valence-electron chi connectivity index (χ1n) is 11.4. The molecule has 0 spiro atoms. The van der Waals surface area contributed by atoms with Gasteiger partial charge >= 0.3 is 0 Å². The fraction of sp³-hybridized carbons (Fsp3) is 0.400. The Morgan fingerprint density at radius 2 is 1.97 bits per heavy atom. The number of amides is 1. The van der Waals surface area contributed by atoms with E-state index >= 15 is 0 Å². The van der Waals surface area contributed by atoms with Gasteiger partial charge in [0.2, 0.25) is 10.0 Å². The fourth-order valence-corrected chi connectivity index (χ4v) is 6.52. The maximum atomic E-state index is 13.8. The summed E-state index contributed by atoms with van der Waals surface area (Å²) >= 11 is 1.63. The van der Waals surface area contributed by atoms with E-state index in [2.05, 4.69) is 29.2 Å². The summed E-state index contributed by atoms with van der Waals surface area (Å²) in [4.78, 5) is 16.8. The molecule has 0 saturated carbocycles. The lowest BCUT2D eigenvalue weighted by Gasteiger charge is -2.32. The lowest BCUT2D eigenvalue weighted by molar-refractivity contribution is 0.0640. The highest BCUT2D eigenvalue weighted by Crippen LogP contribution is 2.45. The third kappa shape index (κ3) is 3.90. The predicted octanol–water partition coefficient (Wildman–Crippen LogP) is 4.83. The molecule has 7 nitrogen and oxygen atoms in total. The lowest BCUT2D eigenvalue weighted by Crippen LogP contribution is -2.43. The van der Waals surface area contributed by atoms with E-state index in [1.807, 2.05) is 34.5 Å². The summed E-state index contributed by atoms with van der Waals surface area (Å²) in [5, 5.41) is 2.03. The van der Waals surface area contributed by atoms with Gasteiger partial charge in [-0.2, -0.15) is 0 Å². The van der Waals surface area contributed by atoms with Gasteiger partial charge in [0.15, 0.2) is 0 Å². The number of aromatic nitrogens is 1. The van der Waals surface area contributed by atoms with Crippen LogP contribution in [0.2, 0.25) is 0 Å². The third-order valence-electron chi connectivity index (χ3n) is 6.83.